The van der Waals surface area contributed by atoms with E-state index in [2.05, 4.69) is 120 Å². The molecule has 2 bridgehead atoms. The zero-order chi connectivity index (χ0) is 98.2. The average Bonchev–Trinajstić information content (AvgIpc) is 1.64. The van der Waals surface area contributed by atoms with Crippen LogP contribution >= 0.6 is 11.8 Å². The van der Waals surface area contributed by atoms with Gasteiger partial charge in [-0.1, -0.05) is 122 Å². The maximum absolute atomic E-state index is 11.2. The summed E-state index contributed by atoms with van der Waals surface area (Å²) in [6.07, 6.45) is 21.8. The van der Waals surface area contributed by atoms with E-state index < -0.39 is 53.7 Å². The lowest BCUT2D eigenvalue weighted by Gasteiger charge is -2.24. The number of aryl methyl sites for hydroxylation is 1. The molecule has 0 aliphatic heterocycles. The molecule has 0 N–H and O–H groups in total. The molecule has 130 heavy (non-hydrogen) atoms. The number of hydrogen-bond acceptors (Lipinski definition) is 33. The van der Waals surface area contributed by atoms with Gasteiger partial charge in [0.05, 0.1) is 80.3 Å². The predicted octanol–water partition coefficient (Wildman–Crippen LogP) is 14.8. The van der Waals surface area contributed by atoms with Crippen LogP contribution in [0.4, 0.5) is 0 Å². The number of rotatable bonds is 42. The van der Waals surface area contributed by atoms with Gasteiger partial charge in [0.25, 0.3) is 0 Å². The van der Waals surface area contributed by atoms with Crippen LogP contribution < -0.4 is 4.74 Å². The van der Waals surface area contributed by atoms with E-state index in [0.717, 1.165) is 102 Å². The Hall–Kier alpha value is -14.5. The van der Waals surface area contributed by atoms with Crippen molar-refractivity contribution in [2.24, 2.45) is 17.8 Å². The highest BCUT2D eigenvalue weighted by Crippen LogP contribution is 2.49. The Balaban J connectivity index is -0.000000675. The van der Waals surface area contributed by atoms with E-state index in [1.54, 1.807) is 117 Å². The Morgan fingerprint density at radius 2 is 0.877 bits per heavy atom. The van der Waals surface area contributed by atoms with Crippen molar-refractivity contribution in [3.8, 4) is 30.0 Å². The molecule has 5 aromatic rings. The molecule has 0 saturated heterocycles. The zero-order valence-corrected chi connectivity index (χ0v) is 75.6. The SMILES string of the molecule is C=C(C)C(=O)Oc1ccc(CCC#N)cc1.C=CC(=O)OC1CC2CC(C#N)C1C2.C=CC(=O)OCCOC.C=CC(=O)OCCOCC.C=CC(=O)OCCOCC.C=CC(=O)OCCOCC.C=CC(=O)OCCSCC.C=CC(=O)OCc1ccc(C#N)cc1.C=CC(=O)OCc1ccccc1C#N.C=CC(=O)OCc1ccncc1.C=CC(=O)OCc1ccoc1. The molecule has 0 amide bonds. The topological polar surface area (TPSA) is 447 Å². The first-order valence-corrected chi connectivity index (χ1v) is 41.1. The minimum Gasteiger partial charge on any atom is -0.472 e. The van der Waals surface area contributed by atoms with Gasteiger partial charge in [-0.05, 0) is 130 Å². The van der Waals surface area contributed by atoms with E-state index in [1.807, 2.05) is 45.0 Å². The standard InChI is InChI=1S/C13H13NO2.C11H13NO2.2C11H9NO2.C9H9NO2.C8H8O3.3C7H12O3.C7H12O2S.C6H10O3/c1-10(2)13(15)16-12-7-5-11(6-8-12)4-3-9-14;1-2-11(13)14-10-5-7-3-8(6-12)9(10)4-7;1-2-11(13)14-8-10-5-3-9(7-12)4-6-10;1-2-11(13)14-8-10-6-4-3-5-9(10)7-12;1-2-9(11)12-7-8-3-5-10-6-4-8;1-2-8(9)11-6-7-3-4-10-5-7;3*1-3-7(8)10-6-5-9-4-2;1-3-7(8)9-5-6-10-4-2;1-3-6(7)9-5-4-8-2/h5-8H,1,3-4H2,2H3;2,7-10H,1,3-5H2;2*2-6H,1,8H2;2-6H,1,7H2;2-5H,1,6H2;4*3H,1,4-6H2,2H3;3H,1,4-5H2,2H3. The number of pyridine rings is 1. The molecule has 700 valence electrons. The van der Waals surface area contributed by atoms with Crippen molar-refractivity contribution < 1.29 is 128 Å². The molecule has 2 heterocycles. The first kappa shape index (κ1) is 122. The van der Waals surface area contributed by atoms with E-state index in [9.17, 15) is 52.7 Å². The lowest BCUT2D eigenvalue weighted by molar-refractivity contribution is -0.146. The fourth-order valence-corrected chi connectivity index (χ4v) is 9.41. The van der Waals surface area contributed by atoms with Crippen LogP contribution in [0.1, 0.15) is 99.2 Å². The number of hydrogen-bond donors (Lipinski definition) is 0. The molecule has 4 unspecified atom stereocenters. The van der Waals surface area contributed by atoms with E-state index in [1.165, 1.54) is 24.7 Å². The summed E-state index contributed by atoms with van der Waals surface area (Å²) < 4.78 is 76.6. The van der Waals surface area contributed by atoms with Crippen molar-refractivity contribution in [2.45, 2.75) is 99.3 Å². The zero-order valence-electron chi connectivity index (χ0n) is 74.8. The average molecular weight is 1820 g/mol. The highest BCUT2D eigenvalue weighted by molar-refractivity contribution is 7.99. The number of furan rings is 1. The van der Waals surface area contributed by atoms with Gasteiger partial charge in [-0.15, -0.1) is 0 Å². The third kappa shape index (κ3) is 70.8. The van der Waals surface area contributed by atoms with Crippen molar-refractivity contribution in [2.75, 3.05) is 97.9 Å². The van der Waals surface area contributed by atoms with Gasteiger partial charge < -0.3 is 75.5 Å². The van der Waals surface area contributed by atoms with Crippen molar-refractivity contribution in [1.82, 2.24) is 4.98 Å². The lowest BCUT2D eigenvalue weighted by Crippen LogP contribution is -2.28. The molecule has 0 spiro atoms. The molecule has 4 atom stereocenters. The summed E-state index contributed by atoms with van der Waals surface area (Å²) in [5.74, 6) is -1.13. The van der Waals surface area contributed by atoms with Crippen molar-refractivity contribution in [3.63, 3.8) is 0 Å². The number of carbonyl (C=O) groups is 11. The van der Waals surface area contributed by atoms with E-state index in [-0.39, 0.29) is 56.3 Å². The number of ether oxygens (including phenoxy) is 15. The summed E-state index contributed by atoms with van der Waals surface area (Å²) in [5.41, 5.74) is 5.82. The number of nitrogens with zero attached hydrogens (tertiary/aromatic N) is 5. The summed E-state index contributed by atoms with van der Waals surface area (Å²) in [7, 11) is 1.54. The molecule has 33 heteroatoms. The fraction of sp³-hybridized carbons (Fsp3) is 0.340. The highest BCUT2D eigenvalue weighted by atomic mass is 32.2. The summed E-state index contributed by atoms with van der Waals surface area (Å²) in [6.45, 7) is 51.8. The number of fused-ring (bicyclic) bond motifs is 2. The molecule has 0 radical (unpaired) electrons. The van der Waals surface area contributed by atoms with Gasteiger partial charge in [0.15, 0.2) is 0 Å². The van der Waals surface area contributed by atoms with Gasteiger partial charge in [-0.3, -0.25) is 4.98 Å². The van der Waals surface area contributed by atoms with Crippen LogP contribution in [0.15, 0.2) is 259 Å². The number of carbonyl (C=O) groups excluding carboxylic acids is 11. The minimum absolute atomic E-state index is 0.0381. The third-order valence-corrected chi connectivity index (χ3v) is 16.0. The summed E-state index contributed by atoms with van der Waals surface area (Å²) in [5, 5.41) is 34.6. The third-order valence-electron chi connectivity index (χ3n) is 15.2. The molecule has 32 nitrogen and oxygen atoms in total. The summed E-state index contributed by atoms with van der Waals surface area (Å²) in [4.78, 5) is 121. The molecule has 7 rings (SSSR count). The number of aromatic nitrogens is 1. The van der Waals surface area contributed by atoms with Crippen LogP contribution in [-0.2, 0) is 152 Å². The number of benzene rings is 3. The Morgan fingerprint density at radius 3 is 1.26 bits per heavy atom. The Kier molecular flexibility index (Phi) is 80.0. The minimum atomic E-state index is -0.488. The molecular weight excluding hydrogens is 1700 g/mol. The highest BCUT2D eigenvalue weighted by Gasteiger charge is 2.48. The maximum Gasteiger partial charge on any atom is 0.338 e. The Labute approximate surface area is 766 Å². The second kappa shape index (κ2) is 85.3. The summed E-state index contributed by atoms with van der Waals surface area (Å²) in [6, 6.07) is 34.7. The number of methoxy groups -OCH3 is 1. The second-order valence-corrected chi connectivity index (χ2v) is 26.0. The van der Waals surface area contributed by atoms with Crippen molar-refractivity contribution in [3.05, 3.63) is 294 Å². The molecule has 2 aliphatic rings. The molecule has 3 aromatic carbocycles. The Morgan fingerprint density at radius 1 is 0.462 bits per heavy atom. The smallest absolute Gasteiger partial charge is 0.338 e. The van der Waals surface area contributed by atoms with Crippen LogP contribution in [0.25, 0.3) is 0 Å². The summed E-state index contributed by atoms with van der Waals surface area (Å²) >= 11 is 1.75. The van der Waals surface area contributed by atoms with Crippen molar-refractivity contribution in [1.29, 1.82) is 21.0 Å². The van der Waals surface area contributed by atoms with Gasteiger partial charge >= 0.3 is 65.7 Å². The molecular formula is C97H119N5O27S. The first-order chi connectivity index (χ1) is 62.6. The van der Waals surface area contributed by atoms with Crippen LogP contribution in [0.2, 0.25) is 0 Å². The molecule has 2 saturated carbocycles. The van der Waals surface area contributed by atoms with E-state index in [0.29, 0.717) is 126 Å². The van der Waals surface area contributed by atoms with Crippen LogP contribution in [0.3, 0.4) is 0 Å². The van der Waals surface area contributed by atoms with Crippen LogP contribution in [-0.4, -0.2) is 175 Å². The van der Waals surface area contributed by atoms with E-state index in [4.69, 9.17) is 72.8 Å². The van der Waals surface area contributed by atoms with Gasteiger partial charge in [0, 0.05) is 135 Å². The Bertz CT molecular complexity index is 4270. The normalized spacial score (nSPS) is 12.2. The molecule has 2 fully saturated rings. The molecule has 2 aliphatic carbocycles. The van der Waals surface area contributed by atoms with Gasteiger partial charge in [0.2, 0.25) is 0 Å². The quantitative estimate of drug-likeness (QED) is 0.0115. The van der Waals surface area contributed by atoms with Crippen molar-refractivity contribution >= 4 is 77.4 Å². The predicted molar refractivity (Wildman–Crippen MR) is 486 cm³/mol. The lowest BCUT2D eigenvalue weighted by atomic mass is 9.88. The number of thioether (sulfide) groups is 1. The first-order valence-electron chi connectivity index (χ1n) is 40.0. The van der Waals surface area contributed by atoms with Crippen LogP contribution in [0, 0.1) is 63.1 Å². The van der Waals surface area contributed by atoms with E-state index >= 15 is 0 Å². The second-order valence-electron chi connectivity index (χ2n) is 24.6. The van der Waals surface area contributed by atoms with Gasteiger partial charge in [-0.2, -0.15) is 32.8 Å². The largest absolute Gasteiger partial charge is 0.472 e. The van der Waals surface area contributed by atoms with Crippen LogP contribution in [0.5, 0.6) is 5.75 Å². The van der Waals surface area contributed by atoms with Gasteiger partial charge in [0.1, 0.15) is 71.3 Å². The maximum atomic E-state index is 11.2. The number of esters is 11. The monoisotopic (exact) mass is 1820 g/mol. The van der Waals surface area contributed by atoms with Gasteiger partial charge in [-0.25, -0.2) is 52.7 Å². The fourth-order valence-electron chi connectivity index (χ4n) is 8.92. The number of nitriles is 4. The molecule has 2 aromatic heterocycles.